The molecule has 0 bridgehead atoms. The minimum absolute atomic E-state index is 0.00260. The Labute approximate surface area is 120 Å². The Morgan fingerprint density at radius 2 is 1.42 bits per heavy atom. The van der Waals surface area contributed by atoms with Crippen molar-refractivity contribution in [3.63, 3.8) is 0 Å². The lowest BCUT2D eigenvalue weighted by molar-refractivity contribution is -0.132. The Balaban J connectivity index is 2.37. The van der Waals surface area contributed by atoms with Crippen molar-refractivity contribution >= 4 is 28.3 Å². The molecule has 0 aliphatic rings. The van der Waals surface area contributed by atoms with Crippen molar-refractivity contribution in [2.75, 3.05) is 6.54 Å². The first-order valence-corrected chi connectivity index (χ1v) is 6.33. The van der Waals surface area contributed by atoms with E-state index in [1.165, 1.54) is 0 Å². The molecule has 0 amide bonds. The standard InChI is InChI=1S/C15H13NO2.Al/c17-14(18)11-16-15(12-7-3-1-4-8-12)13-9-5-2-6-10-13;/h1-10H,11H2,(H,17,18);/q;+1/p-1. The lowest BCUT2D eigenvalue weighted by atomic mass is 10.0. The van der Waals surface area contributed by atoms with Crippen LogP contribution in [0.15, 0.2) is 65.7 Å². The maximum absolute atomic E-state index is 11.2. The monoisotopic (exact) mass is 265 g/mol. The number of aliphatic imine (C=N–C) groups is 1. The molecule has 0 saturated heterocycles. The summed E-state index contributed by atoms with van der Waals surface area (Å²) in [5, 5.41) is 0. The van der Waals surface area contributed by atoms with Crippen molar-refractivity contribution in [1.82, 2.24) is 0 Å². The second-order valence-electron chi connectivity index (χ2n) is 3.89. The van der Waals surface area contributed by atoms with Gasteiger partial charge in [-0.1, -0.05) is 60.7 Å². The van der Waals surface area contributed by atoms with E-state index in [1.807, 2.05) is 77.3 Å². The summed E-state index contributed by atoms with van der Waals surface area (Å²) in [5.41, 5.74) is 2.74. The van der Waals surface area contributed by atoms with Crippen LogP contribution < -0.4 is 0 Å². The Bertz CT molecular complexity index is 526. The van der Waals surface area contributed by atoms with Gasteiger partial charge in [0, 0.05) is 11.1 Å². The number of hydrogen-bond donors (Lipinski definition) is 0. The highest BCUT2D eigenvalue weighted by Gasteiger charge is 2.07. The molecule has 3 nitrogen and oxygen atoms in total. The highest BCUT2D eigenvalue weighted by molar-refractivity contribution is 6.13. The van der Waals surface area contributed by atoms with Crippen LogP contribution in [0.3, 0.4) is 0 Å². The molecule has 0 aliphatic heterocycles. The first kappa shape index (κ1) is 13.5. The average molecular weight is 265 g/mol. The molecule has 0 unspecified atom stereocenters. The first-order chi connectivity index (χ1) is 9.31. The molecular weight excluding hydrogens is 253 g/mol. The average Bonchev–Trinajstić information content (AvgIpc) is 2.49. The molecule has 4 heteroatoms. The van der Waals surface area contributed by atoms with Crippen LogP contribution in [-0.4, -0.2) is 34.8 Å². The predicted octanol–water partition coefficient (Wildman–Crippen LogP) is 2.15. The van der Waals surface area contributed by atoms with Crippen LogP contribution in [-0.2, 0) is 8.58 Å². The summed E-state index contributed by atoms with van der Waals surface area (Å²) < 4.78 is 4.54. The van der Waals surface area contributed by atoms with Crippen LogP contribution in [0.25, 0.3) is 0 Å². The number of carbonyl (C=O) groups excluding carboxylic acids is 1. The van der Waals surface area contributed by atoms with E-state index in [4.69, 9.17) is 0 Å². The third-order valence-corrected chi connectivity index (χ3v) is 2.86. The van der Waals surface area contributed by atoms with Crippen molar-refractivity contribution in [2.45, 2.75) is 0 Å². The number of hydrogen-bond acceptors (Lipinski definition) is 3. The number of rotatable bonds is 4. The SMILES string of the molecule is O=C(CN=C(c1ccccc1)c1ccccc1)[O][Al]. The molecule has 0 aromatic heterocycles. The summed E-state index contributed by atoms with van der Waals surface area (Å²) in [4.78, 5) is 15.6. The van der Waals surface area contributed by atoms with E-state index >= 15 is 0 Å². The van der Waals surface area contributed by atoms with Gasteiger partial charge in [0.15, 0.2) is 0 Å². The highest BCUT2D eigenvalue weighted by Crippen LogP contribution is 2.10. The Kier molecular flexibility index (Phi) is 4.91. The summed E-state index contributed by atoms with van der Waals surface area (Å²) >= 11 is 1.94. The Hall–Kier alpha value is -1.89. The summed E-state index contributed by atoms with van der Waals surface area (Å²) in [6.45, 7) is 0.00260. The molecule has 0 aliphatic carbocycles. The molecule has 92 valence electrons. The lowest BCUT2D eigenvalue weighted by Gasteiger charge is -2.07. The zero-order valence-corrected chi connectivity index (χ0v) is 11.5. The van der Waals surface area contributed by atoms with Gasteiger partial charge in [-0.05, 0) is 0 Å². The van der Waals surface area contributed by atoms with E-state index in [1.54, 1.807) is 0 Å². The zero-order valence-electron chi connectivity index (χ0n) is 10.3. The van der Waals surface area contributed by atoms with E-state index in [2.05, 4.69) is 8.78 Å². The molecule has 2 rings (SSSR count). The molecule has 0 atom stereocenters. The molecular formula is C15H12AlNO2. The lowest BCUT2D eigenvalue weighted by Crippen LogP contribution is -2.10. The van der Waals surface area contributed by atoms with Crippen LogP contribution in [0.4, 0.5) is 0 Å². The summed E-state index contributed by atoms with van der Waals surface area (Å²) in [6, 6.07) is 19.6. The third kappa shape index (κ3) is 3.79. The van der Waals surface area contributed by atoms with Crippen molar-refractivity contribution in [3.8, 4) is 0 Å². The second-order valence-corrected chi connectivity index (χ2v) is 4.12. The van der Waals surface area contributed by atoms with Gasteiger partial charge in [0.2, 0.25) is 0 Å². The van der Waals surface area contributed by atoms with Crippen molar-refractivity contribution in [1.29, 1.82) is 0 Å². The van der Waals surface area contributed by atoms with Crippen molar-refractivity contribution < 1.29 is 8.58 Å². The molecule has 0 spiro atoms. The quantitative estimate of drug-likeness (QED) is 0.627. The fourth-order valence-corrected chi connectivity index (χ4v) is 1.80. The smallest absolute Gasteiger partial charge is 0.484 e. The van der Waals surface area contributed by atoms with Crippen LogP contribution >= 0.6 is 0 Å². The fourth-order valence-electron chi connectivity index (χ4n) is 1.72. The molecule has 2 aromatic carbocycles. The topological polar surface area (TPSA) is 38.7 Å². The maximum atomic E-state index is 11.2. The summed E-state index contributed by atoms with van der Waals surface area (Å²) in [5.74, 6) is -0.380. The predicted molar refractivity (Wildman–Crippen MR) is 75.2 cm³/mol. The number of nitrogens with zero attached hydrogens (tertiary/aromatic N) is 1. The molecule has 2 aromatic rings. The van der Waals surface area contributed by atoms with Gasteiger partial charge in [-0.2, -0.15) is 0 Å². The Morgan fingerprint density at radius 3 is 1.84 bits per heavy atom. The van der Waals surface area contributed by atoms with E-state index < -0.39 is 0 Å². The molecule has 0 fully saturated rings. The van der Waals surface area contributed by atoms with Crippen LogP contribution in [0.1, 0.15) is 11.1 Å². The van der Waals surface area contributed by atoms with E-state index in [0.717, 1.165) is 16.8 Å². The number of benzene rings is 2. The van der Waals surface area contributed by atoms with Crippen LogP contribution in [0.2, 0.25) is 0 Å². The van der Waals surface area contributed by atoms with Gasteiger partial charge in [0.25, 0.3) is 5.97 Å². The largest absolute Gasteiger partial charge is 0.627 e. The van der Waals surface area contributed by atoms with E-state index in [9.17, 15) is 4.79 Å². The van der Waals surface area contributed by atoms with E-state index in [0.29, 0.717) is 0 Å². The second kappa shape index (κ2) is 6.89. The summed E-state index contributed by atoms with van der Waals surface area (Å²) in [6.07, 6.45) is 0. The van der Waals surface area contributed by atoms with Crippen molar-refractivity contribution in [3.05, 3.63) is 71.8 Å². The third-order valence-electron chi connectivity index (χ3n) is 2.59. The normalized spacial score (nSPS) is 9.68. The summed E-state index contributed by atoms with van der Waals surface area (Å²) in [7, 11) is 0. The van der Waals surface area contributed by atoms with Gasteiger partial charge in [-0.15, -0.1) is 0 Å². The minimum atomic E-state index is -0.380. The molecule has 0 saturated carbocycles. The van der Waals surface area contributed by atoms with Crippen LogP contribution in [0, 0.1) is 0 Å². The van der Waals surface area contributed by atoms with Crippen molar-refractivity contribution in [2.24, 2.45) is 4.99 Å². The van der Waals surface area contributed by atoms with Crippen LogP contribution in [0.5, 0.6) is 0 Å². The maximum Gasteiger partial charge on any atom is 0.484 e. The number of carbonyl (C=O) groups is 1. The first-order valence-electron chi connectivity index (χ1n) is 5.86. The molecule has 19 heavy (non-hydrogen) atoms. The van der Waals surface area contributed by atoms with Gasteiger partial charge in [0.05, 0.1) is 5.71 Å². The van der Waals surface area contributed by atoms with Gasteiger partial charge in [0.1, 0.15) is 6.54 Å². The fraction of sp³-hybridized carbons (Fsp3) is 0.0667. The molecule has 2 radical (unpaired) electrons. The highest BCUT2D eigenvalue weighted by atomic mass is 27.1. The molecule has 0 N–H and O–H groups in total. The Morgan fingerprint density at radius 1 is 0.947 bits per heavy atom. The molecule has 0 heterocycles. The minimum Gasteiger partial charge on any atom is -0.627 e. The zero-order chi connectivity index (χ0) is 13.5. The van der Waals surface area contributed by atoms with E-state index in [-0.39, 0.29) is 12.5 Å². The van der Waals surface area contributed by atoms with Gasteiger partial charge < -0.3 is 3.79 Å². The van der Waals surface area contributed by atoms with Gasteiger partial charge in [-0.25, -0.2) is 0 Å². The van der Waals surface area contributed by atoms with Gasteiger partial charge >= 0.3 is 16.6 Å². The van der Waals surface area contributed by atoms with Gasteiger partial charge in [-0.3, -0.25) is 9.79 Å².